The fourth-order valence-corrected chi connectivity index (χ4v) is 2.38. The van der Waals surface area contributed by atoms with Crippen LogP contribution in [0.25, 0.3) is 11.3 Å². The van der Waals surface area contributed by atoms with Crippen molar-refractivity contribution in [2.24, 2.45) is 0 Å². The van der Waals surface area contributed by atoms with Crippen LogP contribution in [-0.2, 0) is 5.33 Å². The first-order chi connectivity index (χ1) is 7.20. The topological polar surface area (TPSA) is 12.9 Å². The predicted molar refractivity (Wildman–Crippen MR) is 64.9 cm³/mol. The Bertz CT molecular complexity index is 481. The summed E-state index contributed by atoms with van der Waals surface area (Å²) in [5.41, 5.74) is 2.55. The zero-order valence-corrected chi connectivity index (χ0v) is 10.5. The summed E-state index contributed by atoms with van der Waals surface area (Å²) in [6, 6.07) is 5.08. The molecule has 0 unspecified atom stereocenters. The maximum absolute atomic E-state index is 13.2. The molecule has 78 valence electrons. The number of hydrogen-bond acceptors (Lipinski definition) is 2. The maximum atomic E-state index is 13.2. The van der Waals surface area contributed by atoms with Gasteiger partial charge in [0.15, 0.2) is 0 Å². The molecule has 0 saturated heterocycles. The van der Waals surface area contributed by atoms with E-state index in [-0.39, 0.29) is 5.82 Å². The van der Waals surface area contributed by atoms with Crippen molar-refractivity contribution in [2.75, 3.05) is 0 Å². The Kier molecular flexibility index (Phi) is 3.17. The highest BCUT2D eigenvalue weighted by Gasteiger charge is 2.06. The van der Waals surface area contributed by atoms with Crippen molar-refractivity contribution in [1.29, 1.82) is 0 Å². The molecule has 0 spiro atoms. The van der Waals surface area contributed by atoms with Crippen molar-refractivity contribution in [3.63, 3.8) is 0 Å². The first kappa shape index (κ1) is 10.8. The van der Waals surface area contributed by atoms with Gasteiger partial charge in [0.1, 0.15) is 5.82 Å². The van der Waals surface area contributed by atoms with Crippen molar-refractivity contribution in [3.05, 3.63) is 40.0 Å². The first-order valence-corrected chi connectivity index (χ1v) is 6.47. The number of hydrogen-bond donors (Lipinski definition) is 0. The van der Waals surface area contributed by atoms with Crippen LogP contribution in [0.4, 0.5) is 4.39 Å². The van der Waals surface area contributed by atoms with Gasteiger partial charge in [-0.2, -0.15) is 0 Å². The molecule has 0 bridgehead atoms. The molecule has 0 aliphatic carbocycles. The van der Waals surface area contributed by atoms with Crippen LogP contribution >= 0.6 is 27.3 Å². The van der Waals surface area contributed by atoms with E-state index in [0.29, 0.717) is 10.9 Å². The summed E-state index contributed by atoms with van der Waals surface area (Å²) >= 11 is 4.86. The van der Waals surface area contributed by atoms with Crippen LogP contribution in [-0.4, -0.2) is 4.98 Å². The van der Waals surface area contributed by atoms with Gasteiger partial charge in [-0.25, -0.2) is 9.37 Å². The predicted octanol–water partition coefficient (Wildman–Crippen LogP) is 4.15. The second kappa shape index (κ2) is 4.41. The number of nitrogens with zero attached hydrogens (tertiary/aromatic N) is 1. The molecule has 1 aromatic carbocycles. The van der Waals surface area contributed by atoms with Crippen LogP contribution in [0.5, 0.6) is 0 Å². The summed E-state index contributed by atoms with van der Waals surface area (Å²) in [4.78, 5) is 4.37. The lowest BCUT2D eigenvalue weighted by Gasteiger charge is -2.01. The van der Waals surface area contributed by atoms with E-state index in [9.17, 15) is 4.39 Å². The van der Waals surface area contributed by atoms with E-state index in [1.807, 2.05) is 18.4 Å². The summed E-state index contributed by atoms with van der Waals surface area (Å²) in [5.74, 6) is -0.178. The molecule has 0 N–H and O–H groups in total. The Hall–Kier alpha value is -0.740. The smallest absolute Gasteiger partial charge is 0.127 e. The van der Waals surface area contributed by atoms with Crippen molar-refractivity contribution in [2.45, 2.75) is 12.3 Å². The number of aryl methyl sites for hydroxylation is 1. The molecule has 0 fully saturated rings. The summed E-state index contributed by atoms with van der Waals surface area (Å²) in [7, 11) is 0. The van der Waals surface area contributed by atoms with Gasteiger partial charge in [-0.1, -0.05) is 15.9 Å². The second-order valence-corrected chi connectivity index (χ2v) is 4.81. The Labute approximate surface area is 100 Å². The Morgan fingerprint density at radius 2 is 2.27 bits per heavy atom. The molecular weight excluding hydrogens is 277 g/mol. The highest BCUT2D eigenvalue weighted by Crippen LogP contribution is 2.24. The first-order valence-electron chi connectivity index (χ1n) is 4.47. The van der Waals surface area contributed by atoms with Crippen molar-refractivity contribution >= 4 is 27.3 Å². The molecule has 1 heterocycles. The lowest BCUT2D eigenvalue weighted by molar-refractivity contribution is 0.618. The normalized spacial score (nSPS) is 10.6. The van der Waals surface area contributed by atoms with Gasteiger partial charge in [0.2, 0.25) is 0 Å². The van der Waals surface area contributed by atoms with Gasteiger partial charge in [-0.3, -0.25) is 0 Å². The molecule has 0 saturated carbocycles. The van der Waals surface area contributed by atoms with Gasteiger partial charge in [-0.15, -0.1) is 11.3 Å². The van der Waals surface area contributed by atoms with Crippen LogP contribution < -0.4 is 0 Å². The number of benzene rings is 1. The Balaban J connectivity index is 2.45. The zero-order chi connectivity index (χ0) is 10.8. The fourth-order valence-electron chi connectivity index (χ4n) is 1.33. The number of halogens is 2. The average molecular weight is 286 g/mol. The molecule has 4 heteroatoms. The zero-order valence-electron chi connectivity index (χ0n) is 8.13. The monoisotopic (exact) mass is 285 g/mol. The minimum absolute atomic E-state index is 0.178. The lowest BCUT2D eigenvalue weighted by Crippen LogP contribution is -1.87. The van der Waals surface area contributed by atoms with E-state index in [1.54, 1.807) is 17.4 Å². The SMILES string of the molecule is Cc1nc(-c2ccc(F)c(CBr)c2)cs1. The quantitative estimate of drug-likeness (QED) is 0.756. The van der Waals surface area contributed by atoms with Gasteiger partial charge >= 0.3 is 0 Å². The van der Waals surface area contributed by atoms with Gasteiger partial charge in [0, 0.05) is 16.3 Å². The highest BCUT2D eigenvalue weighted by molar-refractivity contribution is 9.08. The molecular formula is C11H9BrFNS. The maximum Gasteiger partial charge on any atom is 0.127 e. The Morgan fingerprint density at radius 3 is 2.87 bits per heavy atom. The molecule has 0 atom stereocenters. The summed E-state index contributed by atoms with van der Waals surface area (Å²) in [6.45, 7) is 1.96. The molecule has 0 amide bonds. The molecule has 15 heavy (non-hydrogen) atoms. The van der Waals surface area contributed by atoms with E-state index in [1.165, 1.54) is 6.07 Å². The second-order valence-electron chi connectivity index (χ2n) is 3.19. The number of thiazole rings is 1. The molecule has 1 nitrogen and oxygen atoms in total. The minimum Gasteiger partial charge on any atom is -0.242 e. The van der Waals surface area contributed by atoms with Crippen molar-refractivity contribution < 1.29 is 4.39 Å². The third-order valence-corrected chi connectivity index (χ3v) is 3.48. The van der Waals surface area contributed by atoms with E-state index < -0.39 is 0 Å². The molecule has 0 aliphatic rings. The van der Waals surface area contributed by atoms with Gasteiger partial charge in [-0.05, 0) is 30.7 Å². The largest absolute Gasteiger partial charge is 0.242 e. The number of aromatic nitrogens is 1. The standard InChI is InChI=1S/C11H9BrFNS/c1-7-14-11(6-15-7)8-2-3-10(13)9(4-8)5-12/h2-4,6H,5H2,1H3. The molecule has 0 radical (unpaired) electrons. The molecule has 1 aromatic heterocycles. The van der Waals surface area contributed by atoms with Gasteiger partial charge in [0.25, 0.3) is 0 Å². The van der Waals surface area contributed by atoms with Crippen molar-refractivity contribution in [1.82, 2.24) is 4.98 Å². The van der Waals surface area contributed by atoms with Crippen LogP contribution in [0.15, 0.2) is 23.6 Å². The van der Waals surface area contributed by atoms with E-state index >= 15 is 0 Å². The van der Waals surface area contributed by atoms with E-state index in [4.69, 9.17) is 0 Å². The lowest BCUT2D eigenvalue weighted by atomic mass is 10.1. The van der Waals surface area contributed by atoms with E-state index in [0.717, 1.165) is 16.3 Å². The van der Waals surface area contributed by atoms with Crippen LogP contribution in [0, 0.1) is 12.7 Å². The summed E-state index contributed by atoms with van der Waals surface area (Å²) in [6.07, 6.45) is 0. The molecule has 2 aromatic rings. The van der Waals surface area contributed by atoms with Gasteiger partial charge in [0.05, 0.1) is 10.7 Å². The Morgan fingerprint density at radius 1 is 1.47 bits per heavy atom. The van der Waals surface area contributed by atoms with Gasteiger partial charge < -0.3 is 0 Å². The average Bonchev–Trinajstić information content (AvgIpc) is 2.66. The molecule has 0 aliphatic heterocycles. The third kappa shape index (κ3) is 2.26. The summed E-state index contributed by atoms with van der Waals surface area (Å²) < 4.78 is 13.2. The van der Waals surface area contributed by atoms with Crippen LogP contribution in [0.2, 0.25) is 0 Å². The van der Waals surface area contributed by atoms with Crippen molar-refractivity contribution in [3.8, 4) is 11.3 Å². The fraction of sp³-hybridized carbons (Fsp3) is 0.182. The summed E-state index contributed by atoms with van der Waals surface area (Å²) in [5, 5.41) is 3.53. The van der Waals surface area contributed by atoms with E-state index in [2.05, 4.69) is 20.9 Å². The number of alkyl halides is 1. The minimum atomic E-state index is -0.178. The highest BCUT2D eigenvalue weighted by atomic mass is 79.9. The van der Waals surface area contributed by atoms with Crippen LogP contribution in [0.3, 0.4) is 0 Å². The number of rotatable bonds is 2. The third-order valence-electron chi connectivity index (χ3n) is 2.10. The van der Waals surface area contributed by atoms with Crippen LogP contribution in [0.1, 0.15) is 10.6 Å². The molecule has 2 rings (SSSR count).